The van der Waals surface area contributed by atoms with Gasteiger partial charge in [0, 0.05) is 23.6 Å². The molecule has 1 N–H and O–H groups in total. The largest absolute Gasteiger partial charge is 0.423 e. The highest BCUT2D eigenvalue weighted by Gasteiger charge is 2.09. The fraction of sp³-hybridized carbons (Fsp3) is 0.200. The molecule has 1 amide bonds. The Labute approximate surface area is 140 Å². The highest BCUT2D eigenvalue weighted by Crippen LogP contribution is 2.19. The predicted molar refractivity (Wildman–Crippen MR) is 94.2 cm³/mol. The first-order chi connectivity index (χ1) is 11.6. The smallest absolute Gasteiger partial charge is 0.336 e. The number of fused-ring (bicyclic) bond motifs is 1. The van der Waals surface area contributed by atoms with Crippen LogP contribution in [0.1, 0.15) is 34.0 Å². The zero-order chi connectivity index (χ0) is 17.1. The van der Waals surface area contributed by atoms with E-state index in [9.17, 15) is 9.59 Å². The van der Waals surface area contributed by atoms with Crippen LogP contribution in [0, 0.1) is 6.92 Å². The van der Waals surface area contributed by atoms with Crippen molar-refractivity contribution in [3.05, 3.63) is 81.2 Å². The van der Waals surface area contributed by atoms with E-state index < -0.39 is 5.63 Å². The molecule has 4 nitrogen and oxygen atoms in total. The normalized spacial score (nSPS) is 10.8. The summed E-state index contributed by atoms with van der Waals surface area (Å²) < 4.78 is 5.24. The van der Waals surface area contributed by atoms with Gasteiger partial charge in [0.25, 0.3) is 5.91 Å². The third kappa shape index (κ3) is 3.38. The molecular formula is C20H19NO3. The topological polar surface area (TPSA) is 59.3 Å². The Morgan fingerprint density at radius 2 is 1.83 bits per heavy atom. The quantitative estimate of drug-likeness (QED) is 0.747. The maximum Gasteiger partial charge on any atom is 0.336 e. The molecule has 4 heteroatoms. The van der Waals surface area contributed by atoms with Crippen molar-refractivity contribution in [3.8, 4) is 0 Å². The maximum absolute atomic E-state index is 12.3. The first-order valence-corrected chi connectivity index (χ1v) is 7.97. The van der Waals surface area contributed by atoms with E-state index in [1.807, 2.05) is 31.2 Å². The van der Waals surface area contributed by atoms with Crippen LogP contribution in [0.4, 0.5) is 0 Å². The summed E-state index contributed by atoms with van der Waals surface area (Å²) in [6, 6.07) is 14.6. The van der Waals surface area contributed by atoms with Crippen LogP contribution in [-0.4, -0.2) is 5.91 Å². The highest BCUT2D eigenvalue weighted by molar-refractivity contribution is 5.94. The summed E-state index contributed by atoms with van der Waals surface area (Å²) in [6.07, 6.45) is 0.893. The fourth-order valence-electron chi connectivity index (χ4n) is 2.62. The van der Waals surface area contributed by atoms with Crippen LogP contribution in [0.5, 0.6) is 0 Å². The third-order valence-corrected chi connectivity index (χ3v) is 4.05. The molecule has 0 spiro atoms. The van der Waals surface area contributed by atoms with Gasteiger partial charge in [0.1, 0.15) is 5.58 Å². The van der Waals surface area contributed by atoms with E-state index in [0.717, 1.165) is 28.5 Å². The summed E-state index contributed by atoms with van der Waals surface area (Å²) in [6.45, 7) is 4.32. The number of amides is 1. The minimum atomic E-state index is -0.411. The fourth-order valence-corrected chi connectivity index (χ4v) is 2.62. The Morgan fingerprint density at radius 3 is 2.54 bits per heavy atom. The van der Waals surface area contributed by atoms with E-state index in [2.05, 4.69) is 12.2 Å². The average Bonchev–Trinajstić information content (AvgIpc) is 2.59. The van der Waals surface area contributed by atoms with E-state index >= 15 is 0 Å². The molecule has 2 aromatic carbocycles. The highest BCUT2D eigenvalue weighted by atomic mass is 16.4. The summed E-state index contributed by atoms with van der Waals surface area (Å²) in [5.41, 5.74) is 3.75. The molecule has 0 aliphatic carbocycles. The Bertz CT molecular complexity index is 939. The summed E-state index contributed by atoms with van der Waals surface area (Å²) in [5.74, 6) is -0.164. The lowest BCUT2D eigenvalue weighted by Crippen LogP contribution is -2.23. The number of aryl methyl sites for hydroxylation is 2. The van der Waals surface area contributed by atoms with Gasteiger partial charge in [-0.05, 0) is 48.7 Å². The SMILES string of the molecule is CCc1ccc2oc(=O)cc(CNC(=O)c3ccc(C)cc3)c2c1. The Morgan fingerprint density at radius 1 is 1.08 bits per heavy atom. The number of hydrogen-bond acceptors (Lipinski definition) is 3. The third-order valence-electron chi connectivity index (χ3n) is 4.05. The van der Waals surface area contributed by atoms with Crippen molar-refractivity contribution < 1.29 is 9.21 Å². The number of carbonyl (C=O) groups is 1. The molecule has 122 valence electrons. The predicted octanol–water partition coefficient (Wildman–Crippen LogP) is 3.59. The van der Waals surface area contributed by atoms with Crippen LogP contribution >= 0.6 is 0 Å². The molecule has 0 saturated heterocycles. The van der Waals surface area contributed by atoms with Crippen LogP contribution < -0.4 is 10.9 Å². The van der Waals surface area contributed by atoms with Crippen molar-refractivity contribution in [2.75, 3.05) is 0 Å². The van der Waals surface area contributed by atoms with Crippen molar-refractivity contribution in [1.82, 2.24) is 5.32 Å². The van der Waals surface area contributed by atoms with Crippen LogP contribution in [0.3, 0.4) is 0 Å². The van der Waals surface area contributed by atoms with E-state index in [1.165, 1.54) is 6.07 Å². The van der Waals surface area contributed by atoms with Crippen LogP contribution in [-0.2, 0) is 13.0 Å². The summed E-state index contributed by atoms with van der Waals surface area (Å²) in [7, 11) is 0. The number of carbonyl (C=O) groups excluding carboxylic acids is 1. The number of benzene rings is 2. The Kier molecular flexibility index (Phi) is 4.47. The summed E-state index contributed by atoms with van der Waals surface area (Å²) >= 11 is 0. The molecule has 24 heavy (non-hydrogen) atoms. The second-order valence-corrected chi connectivity index (χ2v) is 5.82. The minimum Gasteiger partial charge on any atom is -0.423 e. The lowest BCUT2D eigenvalue weighted by Gasteiger charge is -2.09. The van der Waals surface area contributed by atoms with Gasteiger partial charge in [0.2, 0.25) is 0 Å². The van der Waals surface area contributed by atoms with Gasteiger partial charge in [-0.3, -0.25) is 4.79 Å². The van der Waals surface area contributed by atoms with Crippen molar-refractivity contribution in [1.29, 1.82) is 0 Å². The molecule has 3 rings (SSSR count). The molecule has 0 radical (unpaired) electrons. The molecule has 1 aromatic heterocycles. The van der Waals surface area contributed by atoms with Crippen LogP contribution in [0.15, 0.2) is 57.7 Å². The number of hydrogen-bond donors (Lipinski definition) is 1. The van der Waals surface area contributed by atoms with Gasteiger partial charge in [0.15, 0.2) is 0 Å². The second kappa shape index (κ2) is 6.71. The first-order valence-electron chi connectivity index (χ1n) is 7.97. The molecule has 0 unspecified atom stereocenters. The summed E-state index contributed by atoms with van der Waals surface area (Å²) in [5, 5.41) is 3.73. The molecular weight excluding hydrogens is 302 g/mol. The Balaban J connectivity index is 1.87. The van der Waals surface area contributed by atoms with E-state index in [-0.39, 0.29) is 12.5 Å². The molecule has 0 fully saturated rings. The van der Waals surface area contributed by atoms with Crippen molar-refractivity contribution in [2.24, 2.45) is 0 Å². The van der Waals surface area contributed by atoms with Gasteiger partial charge in [0.05, 0.1) is 0 Å². The van der Waals surface area contributed by atoms with E-state index in [1.54, 1.807) is 18.2 Å². The van der Waals surface area contributed by atoms with Gasteiger partial charge in [-0.1, -0.05) is 30.7 Å². The van der Waals surface area contributed by atoms with Crippen LogP contribution in [0.25, 0.3) is 11.0 Å². The van der Waals surface area contributed by atoms with Gasteiger partial charge < -0.3 is 9.73 Å². The molecule has 0 atom stereocenters. The van der Waals surface area contributed by atoms with E-state index in [4.69, 9.17) is 4.42 Å². The molecule has 1 heterocycles. The van der Waals surface area contributed by atoms with Crippen molar-refractivity contribution in [2.45, 2.75) is 26.8 Å². The average molecular weight is 321 g/mol. The Hall–Kier alpha value is -2.88. The molecule has 0 aliphatic rings. The van der Waals surface area contributed by atoms with Gasteiger partial charge in [-0.15, -0.1) is 0 Å². The minimum absolute atomic E-state index is 0.164. The lowest BCUT2D eigenvalue weighted by molar-refractivity contribution is 0.0951. The molecule has 0 saturated carbocycles. The van der Waals surface area contributed by atoms with Gasteiger partial charge in [-0.2, -0.15) is 0 Å². The van der Waals surface area contributed by atoms with Crippen molar-refractivity contribution >= 4 is 16.9 Å². The maximum atomic E-state index is 12.3. The molecule has 0 bridgehead atoms. The number of nitrogens with one attached hydrogen (secondary N) is 1. The first kappa shape index (κ1) is 16.0. The van der Waals surface area contributed by atoms with Crippen LogP contribution in [0.2, 0.25) is 0 Å². The zero-order valence-corrected chi connectivity index (χ0v) is 13.8. The zero-order valence-electron chi connectivity index (χ0n) is 13.8. The van der Waals surface area contributed by atoms with E-state index in [0.29, 0.717) is 11.1 Å². The van der Waals surface area contributed by atoms with Gasteiger partial charge >= 0.3 is 5.63 Å². The second-order valence-electron chi connectivity index (χ2n) is 5.82. The van der Waals surface area contributed by atoms with Gasteiger partial charge in [-0.25, -0.2) is 4.79 Å². The summed E-state index contributed by atoms with van der Waals surface area (Å²) in [4.78, 5) is 24.0. The van der Waals surface area contributed by atoms with Crippen molar-refractivity contribution in [3.63, 3.8) is 0 Å². The standard InChI is InChI=1S/C20H19NO3/c1-3-14-6-9-18-17(10-14)16(11-19(22)24-18)12-21-20(23)15-7-4-13(2)5-8-15/h4-11H,3,12H2,1-2H3,(H,21,23). The molecule has 3 aromatic rings. The molecule has 0 aliphatic heterocycles. The number of rotatable bonds is 4. The lowest BCUT2D eigenvalue weighted by atomic mass is 10.1. The monoisotopic (exact) mass is 321 g/mol.